The molecule has 0 heterocycles. The highest BCUT2D eigenvalue weighted by molar-refractivity contribution is 7.92. The molecule has 144 valence electrons. The van der Waals surface area contributed by atoms with Gasteiger partial charge in [0, 0.05) is 11.6 Å². The fraction of sp³-hybridized carbons (Fsp3) is 0.381. The third kappa shape index (κ3) is 4.89. The molecule has 1 aliphatic carbocycles. The third-order valence-corrected chi connectivity index (χ3v) is 6.43. The summed E-state index contributed by atoms with van der Waals surface area (Å²) in [7, 11) is -3.68. The molecule has 2 N–H and O–H groups in total. The molecule has 0 unspecified atom stereocenters. The number of hydrogen-bond acceptors (Lipinski definition) is 3. The number of benzene rings is 2. The van der Waals surface area contributed by atoms with Crippen molar-refractivity contribution in [3.63, 3.8) is 0 Å². The lowest BCUT2D eigenvalue weighted by molar-refractivity contribution is -0.120. The van der Waals surface area contributed by atoms with Crippen LogP contribution in [0.25, 0.3) is 0 Å². The van der Waals surface area contributed by atoms with Crippen molar-refractivity contribution in [3.05, 3.63) is 53.6 Å². The topological polar surface area (TPSA) is 75.3 Å². The van der Waals surface area contributed by atoms with Gasteiger partial charge in [0.1, 0.15) is 0 Å². The Balaban J connectivity index is 1.70. The second-order valence-corrected chi connectivity index (χ2v) is 8.95. The van der Waals surface area contributed by atoms with Gasteiger partial charge in [-0.15, -0.1) is 0 Å². The van der Waals surface area contributed by atoms with E-state index in [-0.39, 0.29) is 16.7 Å². The Morgan fingerprint density at radius 2 is 1.63 bits per heavy atom. The van der Waals surface area contributed by atoms with Crippen LogP contribution in [0.5, 0.6) is 0 Å². The fourth-order valence-electron chi connectivity index (χ4n) is 3.38. The van der Waals surface area contributed by atoms with Crippen molar-refractivity contribution in [2.24, 2.45) is 5.92 Å². The van der Waals surface area contributed by atoms with E-state index in [1.807, 2.05) is 32.0 Å². The average Bonchev–Trinajstić information content (AvgIpc) is 2.65. The first-order valence-electron chi connectivity index (χ1n) is 9.36. The Kier molecular flexibility index (Phi) is 5.85. The second-order valence-electron chi connectivity index (χ2n) is 7.27. The maximum absolute atomic E-state index is 12.6. The molecule has 2 aromatic rings. The van der Waals surface area contributed by atoms with Crippen LogP contribution in [-0.4, -0.2) is 14.3 Å². The van der Waals surface area contributed by atoms with Gasteiger partial charge in [0.05, 0.1) is 10.6 Å². The fourth-order valence-corrected chi connectivity index (χ4v) is 4.50. The lowest BCUT2D eigenvalue weighted by atomic mass is 9.88. The molecule has 5 nitrogen and oxygen atoms in total. The molecule has 0 saturated heterocycles. The highest BCUT2D eigenvalue weighted by Gasteiger charge is 2.21. The van der Waals surface area contributed by atoms with Crippen molar-refractivity contribution in [1.29, 1.82) is 0 Å². The molecule has 0 bridgehead atoms. The van der Waals surface area contributed by atoms with Crippen LogP contribution in [-0.2, 0) is 14.8 Å². The summed E-state index contributed by atoms with van der Waals surface area (Å²) < 4.78 is 27.9. The monoisotopic (exact) mass is 386 g/mol. The predicted molar refractivity (Wildman–Crippen MR) is 108 cm³/mol. The van der Waals surface area contributed by atoms with Crippen molar-refractivity contribution in [1.82, 2.24) is 0 Å². The van der Waals surface area contributed by atoms with Crippen molar-refractivity contribution in [2.75, 3.05) is 10.0 Å². The molecule has 0 radical (unpaired) electrons. The van der Waals surface area contributed by atoms with E-state index in [9.17, 15) is 13.2 Å². The first-order valence-corrected chi connectivity index (χ1v) is 10.8. The van der Waals surface area contributed by atoms with Crippen LogP contribution in [0.3, 0.4) is 0 Å². The third-order valence-electron chi connectivity index (χ3n) is 5.05. The molecule has 0 aliphatic heterocycles. The van der Waals surface area contributed by atoms with Crippen LogP contribution in [0.15, 0.2) is 47.4 Å². The van der Waals surface area contributed by atoms with Gasteiger partial charge in [-0.1, -0.05) is 31.4 Å². The Hall–Kier alpha value is -2.34. The summed E-state index contributed by atoms with van der Waals surface area (Å²) in [4.78, 5) is 12.5. The van der Waals surface area contributed by atoms with E-state index in [1.54, 1.807) is 12.1 Å². The van der Waals surface area contributed by atoms with Gasteiger partial charge in [0.25, 0.3) is 10.0 Å². The molecule has 1 fully saturated rings. The van der Waals surface area contributed by atoms with Gasteiger partial charge in [0.2, 0.25) is 5.91 Å². The maximum atomic E-state index is 12.6. The number of carbonyl (C=O) groups is 1. The van der Waals surface area contributed by atoms with Crippen LogP contribution >= 0.6 is 0 Å². The van der Waals surface area contributed by atoms with E-state index in [1.165, 1.54) is 18.6 Å². The number of hydrogen-bond donors (Lipinski definition) is 2. The van der Waals surface area contributed by atoms with Gasteiger partial charge in [-0.2, -0.15) is 0 Å². The second kappa shape index (κ2) is 8.13. The molecular weight excluding hydrogens is 360 g/mol. The lowest BCUT2D eigenvalue weighted by Crippen LogP contribution is -2.24. The molecule has 1 aliphatic rings. The molecule has 6 heteroatoms. The quantitative estimate of drug-likeness (QED) is 0.787. The Morgan fingerprint density at radius 3 is 2.30 bits per heavy atom. The van der Waals surface area contributed by atoms with Crippen LogP contribution in [0.4, 0.5) is 11.4 Å². The zero-order valence-electron chi connectivity index (χ0n) is 15.8. The van der Waals surface area contributed by atoms with E-state index >= 15 is 0 Å². The van der Waals surface area contributed by atoms with E-state index in [2.05, 4.69) is 10.0 Å². The van der Waals surface area contributed by atoms with Crippen LogP contribution in [0.2, 0.25) is 0 Å². The minimum atomic E-state index is -3.68. The minimum Gasteiger partial charge on any atom is -0.326 e. The Bertz CT molecular complexity index is 915. The van der Waals surface area contributed by atoms with Gasteiger partial charge in [0.15, 0.2) is 0 Å². The van der Waals surface area contributed by atoms with Gasteiger partial charge < -0.3 is 5.32 Å². The van der Waals surface area contributed by atoms with Gasteiger partial charge in [-0.25, -0.2) is 8.42 Å². The molecule has 3 rings (SSSR count). The van der Waals surface area contributed by atoms with Crippen molar-refractivity contribution >= 4 is 27.3 Å². The zero-order valence-corrected chi connectivity index (χ0v) is 16.6. The van der Waals surface area contributed by atoms with Crippen LogP contribution in [0.1, 0.15) is 43.2 Å². The first kappa shape index (κ1) is 19.4. The number of carbonyl (C=O) groups excluding carboxylic acids is 1. The summed E-state index contributed by atoms with van der Waals surface area (Å²) in [6, 6.07) is 11.9. The minimum absolute atomic E-state index is 0.0267. The van der Waals surface area contributed by atoms with Crippen LogP contribution < -0.4 is 10.0 Å². The predicted octanol–water partition coefficient (Wildman–Crippen LogP) is 4.62. The largest absolute Gasteiger partial charge is 0.326 e. The lowest BCUT2D eigenvalue weighted by Gasteiger charge is -2.20. The molecule has 27 heavy (non-hydrogen) atoms. The van der Waals surface area contributed by atoms with Gasteiger partial charge in [-0.05, 0) is 68.1 Å². The normalized spacial score (nSPS) is 15.3. The molecule has 0 atom stereocenters. The van der Waals surface area contributed by atoms with Crippen molar-refractivity contribution < 1.29 is 13.2 Å². The molecular formula is C21H26N2O3S. The number of anilines is 2. The van der Waals surface area contributed by atoms with Crippen molar-refractivity contribution in [2.45, 2.75) is 50.8 Å². The average molecular weight is 387 g/mol. The van der Waals surface area contributed by atoms with E-state index in [0.717, 1.165) is 36.8 Å². The van der Waals surface area contributed by atoms with Crippen LogP contribution in [0, 0.1) is 19.8 Å². The van der Waals surface area contributed by atoms with Gasteiger partial charge >= 0.3 is 0 Å². The summed E-state index contributed by atoms with van der Waals surface area (Å²) in [6.07, 6.45) is 5.25. The van der Waals surface area contributed by atoms with Crippen molar-refractivity contribution in [3.8, 4) is 0 Å². The summed E-state index contributed by atoms with van der Waals surface area (Å²) in [5, 5.41) is 2.90. The summed E-state index contributed by atoms with van der Waals surface area (Å²) in [5.74, 6) is 0.0898. The van der Waals surface area contributed by atoms with Gasteiger partial charge in [-0.3, -0.25) is 9.52 Å². The molecule has 2 aromatic carbocycles. The number of rotatable bonds is 5. The molecule has 0 spiro atoms. The summed E-state index contributed by atoms with van der Waals surface area (Å²) >= 11 is 0. The molecule has 0 aromatic heterocycles. The summed E-state index contributed by atoms with van der Waals surface area (Å²) in [6.45, 7) is 3.78. The number of sulfonamides is 1. The molecule has 1 saturated carbocycles. The smallest absolute Gasteiger partial charge is 0.261 e. The summed E-state index contributed by atoms with van der Waals surface area (Å²) in [5.41, 5.74) is 3.04. The zero-order chi connectivity index (χ0) is 19.4. The number of nitrogens with one attached hydrogen (secondary N) is 2. The number of amides is 1. The maximum Gasteiger partial charge on any atom is 0.261 e. The highest BCUT2D eigenvalue weighted by atomic mass is 32.2. The first-order chi connectivity index (χ1) is 12.8. The molecule has 1 amide bonds. The van der Waals surface area contributed by atoms with E-state index in [4.69, 9.17) is 0 Å². The van der Waals surface area contributed by atoms with E-state index < -0.39 is 10.0 Å². The highest BCUT2D eigenvalue weighted by Crippen LogP contribution is 2.26. The SMILES string of the molecule is Cc1ccc(C)c(NS(=O)(=O)c2ccc(NC(=O)C3CCCCC3)cc2)c1. The Morgan fingerprint density at radius 1 is 0.963 bits per heavy atom. The number of aryl methyl sites for hydroxylation is 2. The Labute approximate surface area is 161 Å². The standard InChI is InChI=1S/C21H26N2O3S/c1-15-8-9-16(2)20(14-15)23-27(25,26)19-12-10-18(11-13-19)22-21(24)17-6-4-3-5-7-17/h8-14,17,23H,3-7H2,1-2H3,(H,22,24). The van der Waals surface area contributed by atoms with E-state index in [0.29, 0.717) is 11.4 Å².